The second-order valence-corrected chi connectivity index (χ2v) is 3.91. The second kappa shape index (κ2) is 3.82. The molecule has 0 radical (unpaired) electrons. The highest BCUT2D eigenvalue weighted by Gasteiger charge is 2.08. The molecule has 84 valence electrons. The summed E-state index contributed by atoms with van der Waals surface area (Å²) in [5.41, 5.74) is 1.12. The number of halogens is 2. The fourth-order valence-electron chi connectivity index (χ4n) is 1.60. The van der Waals surface area contributed by atoms with E-state index in [1.54, 1.807) is 18.3 Å². The molecule has 5 heteroatoms. The Labute approximate surface area is 101 Å². The van der Waals surface area contributed by atoms with E-state index in [1.165, 1.54) is 18.3 Å². The highest BCUT2D eigenvalue weighted by Crippen LogP contribution is 2.27. The Bertz CT molecular complexity index is 696. The standard InChI is InChI=1S/C12H6ClFN2O/c13-12-6-15-5-9(16-12)11-4-7-3-8(14)1-2-10(7)17-11/h1-6H. The molecule has 17 heavy (non-hydrogen) atoms. The molecule has 0 fully saturated rings. The van der Waals surface area contributed by atoms with Crippen LogP contribution in [0, 0.1) is 5.82 Å². The molecule has 3 aromatic rings. The zero-order chi connectivity index (χ0) is 11.8. The molecule has 0 aliphatic heterocycles. The van der Waals surface area contributed by atoms with Crippen molar-refractivity contribution in [2.75, 3.05) is 0 Å². The van der Waals surface area contributed by atoms with Crippen LogP contribution >= 0.6 is 11.6 Å². The van der Waals surface area contributed by atoms with Crippen LogP contribution in [0.2, 0.25) is 5.15 Å². The summed E-state index contributed by atoms with van der Waals surface area (Å²) in [6, 6.07) is 6.03. The Morgan fingerprint density at radius 2 is 2.06 bits per heavy atom. The third-order valence-electron chi connectivity index (χ3n) is 2.34. The lowest BCUT2D eigenvalue weighted by Crippen LogP contribution is -1.83. The summed E-state index contributed by atoms with van der Waals surface area (Å²) in [5.74, 6) is 0.211. The SMILES string of the molecule is Fc1ccc2oc(-c3cncc(Cl)n3)cc2c1. The van der Waals surface area contributed by atoms with Crippen molar-refractivity contribution < 1.29 is 8.81 Å². The number of rotatable bonds is 1. The Morgan fingerprint density at radius 3 is 2.88 bits per heavy atom. The lowest BCUT2D eigenvalue weighted by Gasteiger charge is -1.94. The Kier molecular flexibility index (Phi) is 2.30. The average Bonchev–Trinajstić information content (AvgIpc) is 2.72. The van der Waals surface area contributed by atoms with Gasteiger partial charge in [-0.15, -0.1) is 0 Å². The van der Waals surface area contributed by atoms with E-state index in [-0.39, 0.29) is 11.0 Å². The van der Waals surface area contributed by atoms with Gasteiger partial charge in [-0.05, 0) is 24.3 Å². The summed E-state index contributed by atoms with van der Waals surface area (Å²) < 4.78 is 18.6. The fourth-order valence-corrected chi connectivity index (χ4v) is 1.75. The van der Waals surface area contributed by atoms with Crippen molar-refractivity contribution in [3.63, 3.8) is 0 Å². The zero-order valence-electron chi connectivity index (χ0n) is 8.52. The van der Waals surface area contributed by atoms with Crippen LogP contribution in [0.25, 0.3) is 22.4 Å². The lowest BCUT2D eigenvalue weighted by molar-refractivity contribution is 0.617. The number of furan rings is 1. The van der Waals surface area contributed by atoms with E-state index in [4.69, 9.17) is 16.0 Å². The monoisotopic (exact) mass is 248 g/mol. The molecule has 0 unspecified atom stereocenters. The number of hydrogen-bond acceptors (Lipinski definition) is 3. The molecule has 0 aliphatic carbocycles. The highest BCUT2D eigenvalue weighted by atomic mass is 35.5. The van der Waals surface area contributed by atoms with E-state index in [0.29, 0.717) is 22.4 Å². The molecule has 0 bridgehead atoms. The molecular weight excluding hydrogens is 243 g/mol. The number of fused-ring (bicyclic) bond motifs is 1. The first-order valence-corrected chi connectivity index (χ1v) is 5.27. The van der Waals surface area contributed by atoms with Crippen molar-refractivity contribution in [1.29, 1.82) is 0 Å². The quantitative estimate of drug-likeness (QED) is 0.659. The zero-order valence-corrected chi connectivity index (χ0v) is 9.28. The van der Waals surface area contributed by atoms with Crippen LogP contribution in [0.15, 0.2) is 41.1 Å². The van der Waals surface area contributed by atoms with Gasteiger partial charge in [0.15, 0.2) is 5.76 Å². The maximum absolute atomic E-state index is 13.0. The molecule has 2 aromatic heterocycles. The van der Waals surface area contributed by atoms with Gasteiger partial charge in [-0.2, -0.15) is 0 Å². The number of aromatic nitrogens is 2. The van der Waals surface area contributed by atoms with Crippen LogP contribution in [0.3, 0.4) is 0 Å². The predicted octanol–water partition coefficient (Wildman–Crippen LogP) is 3.68. The van der Waals surface area contributed by atoms with E-state index in [2.05, 4.69) is 9.97 Å². The summed E-state index contributed by atoms with van der Waals surface area (Å²) >= 11 is 5.74. The highest BCUT2D eigenvalue weighted by molar-refractivity contribution is 6.29. The maximum Gasteiger partial charge on any atom is 0.155 e. The molecule has 0 saturated carbocycles. The van der Waals surface area contributed by atoms with E-state index >= 15 is 0 Å². The van der Waals surface area contributed by atoms with Gasteiger partial charge in [-0.25, -0.2) is 9.37 Å². The first kappa shape index (κ1) is 10.2. The molecular formula is C12H6ClFN2O. The van der Waals surface area contributed by atoms with E-state index < -0.39 is 0 Å². The van der Waals surface area contributed by atoms with Gasteiger partial charge in [0.25, 0.3) is 0 Å². The third kappa shape index (κ3) is 1.87. The van der Waals surface area contributed by atoms with E-state index in [1.807, 2.05) is 0 Å². The summed E-state index contributed by atoms with van der Waals surface area (Å²) in [4.78, 5) is 8.00. The second-order valence-electron chi connectivity index (χ2n) is 3.52. The number of benzene rings is 1. The molecule has 0 atom stereocenters. The number of hydrogen-bond donors (Lipinski definition) is 0. The van der Waals surface area contributed by atoms with Crippen molar-refractivity contribution in [3.05, 3.63) is 47.6 Å². The smallest absolute Gasteiger partial charge is 0.155 e. The minimum atomic E-state index is -0.304. The molecule has 1 aromatic carbocycles. The molecule has 0 amide bonds. The summed E-state index contributed by atoms with van der Waals surface area (Å²) in [6.07, 6.45) is 2.98. The maximum atomic E-state index is 13.0. The van der Waals surface area contributed by atoms with Gasteiger partial charge in [0.05, 0.1) is 12.4 Å². The minimum Gasteiger partial charge on any atom is -0.454 e. The van der Waals surface area contributed by atoms with Crippen LogP contribution in [-0.2, 0) is 0 Å². The van der Waals surface area contributed by atoms with Crippen molar-refractivity contribution in [2.45, 2.75) is 0 Å². The van der Waals surface area contributed by atoms with Crippen molar-refractivity contribution in [3.8, 4) is 11.5 Å². The van der Waals surface area contributed by atoms with Gasteiger partial charge in [-0.1, -0.05) is 11.6 Å². The molecule has 3 rings (SSSR count). The normalized spacial score (nSPS) is 10.9. The molecule has 0 spiro atoms. The molecule has 0 N–H and O–H groups in total. The van der Waals surface area contributed by atoms with Crippen LogP contribution in [0.5, 0.6) is 0 Å². The van der Waals surface area contributed by atoms with Crippen LogP contribution in [0.1, 0.15) is 0 Å². The topological polar surface area (TPSA) is 38.9 Å². The first-order valence-electron chi connectivity index (χ1n) is 4.89. The number of nitrogens with zero attached hydrogens (tertiary/aromatic N) is 2. The van der Waals surface area contributed by atoms with Crippen molar-refractivity contribution in [1.82, 2.24) is 9.97 Å². The fraction of sp³-hybridized carbons (Fsp3) is 0. The van der Waals surface area contributed by atoms with Gasteiger partial charge in [-0.3, -0.25) is 4.98 Å². The van der Waals surface area contributed by atoms with Gasteiger partial charge >= 0.3 is 0 Å². The van der Waals surface area contributed by atoms with Gasteiger partial charge in [0.2, 0.25) is 0 Å². The average molecular weight is 249 g/mol. The van der Waals surface area contributed by atoms with Crippen LogP contribution < -0.4 is 0 Å². The van der Waals surface area contributed by atoms with Crippen molar-refractivity contribution >= 4 is 22.6 Å². The van der Waals surface area contributed by atoms with Crippen LogP contribution in [-0.4, -0.2) is 9.97 Å². The van der Waals surface area contributed by atoms with Gasteiger partial charge < -0.3 is 4.42 Å². The van der Waals surface area contributed by atoms with Gasteiger partial charge in [0.1, 0.15) is 22.2 Å². The molecule has 0 aliphatic rings. The third-order valence-corrected chi connectivity index (χ3v) is 2.52. The largest absolute Gasteiger partial charge is 0.454 e. The van der Waals surface area contributed by atoms with E-state index in [0.717, 1.165) is 0 Å². The molecule has 3 nitrogen and oxygen atoms in total. The van der Waals surface area contributed by atoms with Crippen molar-refractivity contribution in [2.24, 2.45) is 0 Å². The predicted molar refractivity (Wildman–Crippen MR) is 62.2 cm³/mol. The minimum absolute atomic E-state index is 0.286. The molecule has 2 heterocycles. The summed E-state index contributed by atoms with van der Waals surface area (Å²) in [5, 5.41) is 0.968. The molecule has 0 saturated heterocycles. The summed E-state index contributed by atoms with van der Waals surface area (Å²) in [7, 11) is 0. The Balaban J connectivity index is 2.18. The summed E-state index contributed by atoms with van der Waals surface area (Å²) in [6.45, 7) is 0. The Morgan fingerprint density at radius 1 is 1.18 bits per heavy atom. The van der Waals surface area contributed by atoms with Crippen LogP contribution in [0.4, 0.5) is 4.39 Å². The van der Waals surface area contributed by atoms with Gasteiger partial charge in [0, 0.05) is 5.39 Å². The Hall–Kier alpha value is -1.94. The lowest BCUT2D eigenvalue weighted by atomic mass is 10.2. The van der Waals surface area contributed by atoms with E-state index in [9.17, 15) is 4.39 Å². The first-order chi connectivity index (χ1) is 8.22.